The lowest BCUT2D eigenvalue weighted by molar-refractivity contribution is -0.384. The predicted octanol–water partition coefficient (Wildman–Crippen LogP) is 9.07. The van der Waals surface area contributed by atoms with E-state index in [0.29, 0.717) is 30.6 Å². The van der Waals surface area contributed by atoms with Gasteiger partial charge in [0.1, 0.15) is 24.4 Å². The molecule has 0 aromatic heterocycles. The zero-order valence-corrected chi connectivity index (χ0v) is 44.0. The number of hydrogen-bond acceptors (Lipinski definition) is 11. The molecule has 0 heterocycles. The molecule has 17 nitrogen and oxygen atoms in total. The van der Waals surface area contributed by atoms with Crippen LogP contribution in [0.4, 0.5) is 16.2 Å². The van der Waals surface area contributed by atoms with Crippen molar-refractivity contribution < 1.29 is 47.9 Å². The molecule has 11 atom stereocenters. The number of carbonyl (C=O) groups excluding carboxylic acids is 6. The largest absolute Gasteiger partial charge is 0.514 e. The Kier molecular flexibility index (Phi) is 19.6. The maximum atomic E-state index is 13.4. The summed E-state index contributed by atoms with van der Waals surface area (Å²) in [5.74, 6) is 0.593. The summed E-state index contributed by atoms with van der Waals surface area (Å²) in [7, 11) is 0. The molecule has 17 heteroatoms. The van der Waals surface area contributed by atoms with E-state index in [1.807, 2.05) is 0 Å². The Morgan fingerprint density at radius 3 is 2.22 bits per heavy atom. The lowest BCUT2D eigenvalue weighted by Gasteiger charge is -2.58. The van der Waals surface area contributed by atoms with Crippen molar-refractivity contribution in [3.8, 4) is 5.75 Å². The molecule has 0 saturated heterocycles. The van der Waals surface area contributed by atoms with Gasteiger partial charge in [0.25, 0.3) is 5.69 Å². The van der Waals surface area contributed by atoms with Crippen molar-refractivity contribution in [2.45, 2.75) is 163 Å². The molecule has 5 amide bonds. The Hall–Kier alpha value is -5.84. The van der Waals surface area contributed by atoms with Crippen LogP contribution in [0.15, 0.2) is 60.2 Å². The quantitative estimate of drug-likeness (QED) is 0.0166. The number of benzene rings is 2. The van der Waals surface area contributed by atoms with E-state index in [1.165, 1.54) is 108 Å². The number of allylic oxidation sites excluding steroid dienone is 1. The van der Waals surface area contributed by atoms with Crippen molar-refractivity contribution in [1.29, 1.82) is 0 Å². The highest BCUT2D eigenvalue weighted by Crippen LogP contribution is 2.67. The van der Waals surface area contributed by atoms with E-state index in [2.05, 4.69) is 62.0 Å². The van der Waals surface area contributed by atoms with Gasteiger partial charge in [-0.25, -0.2) is 4.79 Å². The zero-order valence-electron chi connectivity index (χ0n) is 44.0. The third-order valence-corrected chi connectivity index (χ3v) is 17.0. The van der Waals surface area contributed by atoms with E-state index < -0.39 is 52.7 Å². The number of nitrogens with two attached hydrogens (primary N) is 1. The highest BCUT2D eigenvalue weighted by Gasteiger charge is 2.59. The molecule has 3 saturated carbocycles. The van der Waals surface area contributed by atoms with Crippen molar-refractivity contribution in [1.82, 2.24) is 16.0 Å². The van der Waals surface area contributed by atoms with Crippen LogP contribution in [0.25, 0.3) is 0 Å². The predicted molar refractivity (Wildman–Crippen MR) is 277 cm³/mol. The maximum absolute atomic E-state index is 13.4. The monoisotopic (exact) mass is 1010 g/mol. The van der Waals surface area contributed by atoms with Gasteiger partial charge in [-0.3, -0.25) is 34.1 Å². The number of fused-ring (bicyclic) bond motifs is 5. The lowest BCUT2D eigenvalue weighted by Crippen LogP contribution is -2.55. The molecule has 0 radical (unpaired) electrons. The van der Waals surface area contributed by atoms with E-state index in [4.69, 9.17) is 19.9 Å². The third kappa shape index (κ3) is 14.7. The number of non-ortho nitro benzene ring substituents is 1. The molecule has 0 aliphatic heterocycles. The summed E-state index contributed by atoms with van der Waals surface area (Å²) in [6.45, 7) is 16.0. The van der Waals surface area contributed by atoms with Crippen molar-refractivity contribution in [3.05, 3.63) is 75.9 Å². The molecule has 6 rings (SSSR count). The molecule has 73 heavy (non-hydrogen) atoms. The summed E-state index contributed by atoms with van der Waals surface area (Å²) in [5.41, 5.74) is 8.51. The number of nitro benzene ring substituents is 1. The number of hydrogen-bond donors (Lipinski definition) is 5. The van der Waals surface area contributed by atoms with E-state index in [-0.39, 0.29) is 54.0 Å². The summed E-state index contributed by atoms with van der Waals surface area (Å²) >= 11 is 0. The van der Waals surface area contributed by atoms with Crippen LogP contribution in [0.2, 0.25) is 0 Å². The number of carbonyl (C=O) groups is 6. The van der Waals surface area contributed by atoms with Gasteiger partial charge < -0.3 is 41.2 Å². The molecule has 2 aromatic rings. The smallest absolute Gasteiger partial charge is 0.429 e. The van der Waals surface area contributed by atoms with Gasteiger partial charge in [0.2, 0.25) is 29.5 Å². The number of nitrogens with one attached hydrogen (secondary N) is 4. The van der Waals surface area contributed by atoms with Crippen LogP contribution in [-0.2, 0) is 40.1 Å². The average molecular weight is 1010 g/mol. The Morgan fingerprint density at radius 2 is 1.53 bits per heavy atom. The molecule has 400 valence electrons. The van der Waals surface area contributed by atoms with Crippen LogP contribution in [0.1, 0.15) is 144 Å². The zero-order chi connectivity index (χ0) is 53.0. The first-order valence-electron chi connectivity index (χ1n) is 26.6. The lowest BCUT2D eigenvalue weighted by atomic mass is 9.47. The standard InChI is InChI=1S/C56H80N6O11/c1-34(2)10-8-11-35(3)45-22-23-46-44-21-14-39-32-43(26-28-55(39,6)47(44)27-29-56(45,46)7)71-31-9-30-58-48(63)24-25-49(64)59-37(5)52(66)61-50(36(4)51(57)65)53(67)60-40-15-12-38(13-16-40)33-72-54(68)73-42-19-17-41(18-20-42)62(69)70/h12-20,34-37,43-47,50H,8-11,21-33H2,1-7H3,(H2,57,65)(H,58,63)(H,59,64)(H,60,67)(H,61,66). The van der Waals surface area contributed by atoms with E-state index in [9.17, 15) is 38.9 Å². The minimum Gasteiger partial charge on any atom is -0.429 e. The maximum Gasteiger partial charge on any atom is 0.514 e. The average Bonchev–Trinajstić information content (AvgIpc) is 3.71. The van der Waals surface area contributed by atoms with Gasteiger partial charge in [-0.1, -0.05) is 84.6 Å². The molecule has 0 bridgehead atoms. The molecule has 11 unspecified atom stereocenters. The Morgan fingerprint density at radius 1 is 0.822 bits per heavy atom. The summed E-state index contributed by atoms with van der Waals surface area (Å²) in [6, 6.07) is 8.50. The SMILES string of the molecule is CC(C)CCCC(C)C1CCC2C3CC=C4CC(OCCCNC(=O)CCC(=O)NC(C)C(=O)NC(C(=O)Nc5ccc(COC(=O)Oc6ccc([N+](=O)[O-])cc6)cc5)C(C)C(N)=O)CCC4(C)C3CCC12C. The van der Waals surface area contributed by atoms with Gasteiger partial charge in [-0.15, -0.1) is 0 Å². The van der Waals surface area contributed by atoms with Crippen molar-refractivity contribution in [3.63, 3.8) is 0 Å². The second-order valence-corrected chi connectivity index (χ2v) is 22.3. The van der Waals surface area contributed by atoms with Crippen molar-refractivity contribution >= 4 is 47.1 Å². The number of rotatable bonds is 24. The molecule has 4 aliphatic rings. The number of anilines is 1. The van der Waals surface area contributed by atoms with E-state index in [1.54, 1.807) is 17.7 Å². The summed E-state index contributed by atoms with van der Waals surface area (Å²) < 4.78 is 16.5. The molecule has 6 N–H and O–H groups in total. The summed E-state index contributed by atoms with van der Waals surface area (Å²) in [5, 5.41) is 21.4. The summed E-state index contributed by atoms with van der Waals surface area (Å²) in [4.78, 5) is 86.5. The summed E-state index contributed by atoms with van der Waals surface area (Å²) in [6.07, 6.45) is 16.2. The molecular formula is C56H80N6O11. The first-order chi connectivity index (χ1) is 34.7. The minimum atomic E-state index is -1.40. The van der Waals surface area contributed by atoms with Crippen LogP contribution in [0, 0.1) is 62.4 Å². The van der Waals surface area contributed by atoms with Gasteiger partial charge >= 0.3 is 6.16 Å². The molecular weight excluding hydrogens is 933 g/mol. The van der Waals surface area contributed by atoms with E-state index >= 15 is 0 Å². The minimum absolute atomic E-state index is 0.0560. The van der Waals surface area contributed by atoms with E-state index in [0.717, 1.165) is 48.3 Å². The first kappa shape index (κ1) is 56.5. The second-order valence-electron chi connectivity index (χ2n) is 22.3. The van der Waals surface area contributed by atoms with Crippen LogP contribution in [0.3, 0.4) is 0 Å². The topological polar surface area (TPSA) is 247 Å². The van der Waals surface area contributed by atoms with Crippen molar-refractivity contribution in [2.75, 3.05) is 18.5 Å². The van der Waals surface area contributed by atoms with Crippen LogP contribution < -0.4 is 31.7 Å². The van der Waals surface area contributed by atoms with Crippen LogP contribution in [-0.4, -0.2) is 72.0 Å². The molecule has 4 aliphatic carbocycles. The first-order valence-corrected chi connectivity index (χ1v) is 26.6. The number of nitro groups is 1. The van der Waals surface area contributed by atoms with Gasteiger partial charge in [0.05, 0.1) is 16.9 Å². The Balaban J connectivity index is 0.860. The fraction of sp³-hybridized carbons (Fsp3) is 0.643. The van der Waals surface area contributed by atoms with Gasteiger partial charge in [-0.05, 0) is 141 Å². The van der Waals surface area contributed by atoms with Crippen molar-refractivity contribution in [2.24, 2.45) is 58.0 Å². The van der Waals surface area contributed by atoms with Crippen LogP contribution in [0.5, 0.6) is 5.75 Å². The van der Waals surface area contributed by atoms with Gasteiger partial charge in [0.15, 0.2) is 0 Å². The number of nitrogens with zero attached hydrogens (tertiary/aromatic N) is 1. The highest BCUT2D eigenvalue weighted by molar-refractivity contribution is 6.01. The molecule has 3 fully saturated rings. The Labute approximate surface area is 430 Å². The number of ether oxygens (including phenoxy) is 3. The molecule has 2 aromatic carbocycles. The van der Waals surface area contributed by atoms with Crippen LogP contribution >= 0.6 is 0 Å². The van der Waals surface area contributed by atoms with Gasteiger partial charge in [-0.2, -0.15) is 0 Å². The Bertz CT molecular complexity index is 2300. The fourth-order valence-electron chi connectivity index (χ4n) is 12.7. The third-order valence-electron chi connectivity index (χ3n) is 17.0. The highest BCUT2D eigenvalue weighted by atomic mass is 16.7. The molecule has 0 spiro atoms. The second kappa shape index (κ2) is 25.4. The normalized spacial score (nSPS) is 25.8. The van der Waals surface area contributed by atoms with Gasteiger partial charge in [0, 0.05) is 43.8 Å². The fourth-order valence-corrected chi connectivity index (χ4v) is 12.7. The number of primary amides is 1. The number of amides is 5.